The number of ether oxygens (including phenoxy) is 2. The molecular formula is C19H22F4N2O4S. The van der Waals surface area contributed by atoms with Crippen molar-refractivity contribution >= 4 is 21.2 Å². The number of nitrogens with one attached hydrogen (secondary N) is 1. The molecule has 0 unspecified atom stereocenters. The first-order chi connectivity index (χ1) is 13.9. The van der Waals surface area contributed by atoms with Crippen LogP contribution in [0.2, 0.25) is 0 Å². The van der Waals surface area contributed by atoms with Crippen molar-refractivity contribution in [3.05, 3.63) is 47.3 Å². The number of nitrogens with two attached hydrogens (primary N) is 1. The number of methoxy groups -OCH3 is 1. The van der Waals surface area contributed by atoms with E-state index >= 15 is 0 Å². The van der Waals surface area contributed by atoms with Gasteiger partial charge in [-0.25, -0.2) is 12.8 Å². The van der Waals surface area contributed by atoms with Gasteiger partial charge in [-0.15, -0.1) is 0 Å². The van der Waals surface area contributed by atoms with E-state index in [4.69, 9.17) is 15.2 Å². The zero-order valence-electron chi connectivity index (χ0n) is 16.5. The Balaban J connectivity index is 2.51. The largest absolute Gasteiger partial charge is 0.493 e. The lowest BCUT2D eigenvalue weighted by molar-refractivity contribution is -0.137. The molecule has 0 aromatic heterocycles. The second-order valence-corrected chi connectivity index (χ2v) is 8.74. The summed E-state index contributed by atoms with van der Waals surface area (Å²) in [4.78, 5) is 0. The van der Waals surface area contributed by atoms with E-state index in [0.29, 0.717) is 35.8 Å². The van der Waals surface area contributed by atoms with E-state index in [1.165, 1.54) is 13.2 Å². The van der Waals surface area contributed by atoms with E-state index < -0.39 is 50.6 Å². The molecule has 0 saturated heterocycles. The highest BCUT2D eigenvalue weighted by Gasteiger charge is 2.32. The van der Waals surface area contributed by atoms with Crippen molar-refractivity contribution in [2.24, 2.45) is 0 Å². The van der Waals surface area contributed by atoms with Crippen molar-refractivity contribution in [3.63, 3.8) is 0 Å². The molecule has 166 valence electrons. The molecule has 0 heterocycles. The Labute approximate surface area is 171 Å². The van der Waals surface area contributed by atoms with Gasteiger partial charge in [0.05, 0.1) is 42.4 Å². The molecule has 0 amide bonds. The highest BCUT2D eigenvalue weighted by Crippen LogP contribution is 2.37. The summed E-state index contributed by atoms with van der Waals surface area (Å²) >= 11 is 0. The van der Waals surface area contributed by atoms with Gasteiger partial charge >= 0.3 is 6.18 Å². The van der Waals surface area contributed by atoms with Gasteiger partial charge in [0.15, 0.2) is 11.5 Å². The van der Waals surface area contributed by atoms with E-state index in [1.54, 1.807) is 19.1 Å². The maximum Gasteiger partial charge on any atom is 0.416 e. The van der Waals surface area contributed by atoms with Gasteiger partial charge in [-0.1, -0.05) is 6.07 Å². The minimum Gasteiger partial charge on any atom is -0.493 e. The van der Waals surface area contributed by atoms with E-state index in [0.717, 1.165) is 6.26 Å². The lowest BCUT2D eigenvalue weighted by Crippen LogP contribution is -2.22. The zero-order valence-corrected chi connectivity index (χ0v) is 17.3. The van der Waals surface area contributed by atoms with Crippen molar-refractivity contribution in [1.82, 2.24) is 0 Å². The van der Waals surface area contributed by atoms with E-state index in [-0.39, 0.29) is 0 Å². The summed E-state index contributed by atoms with van der Waals surface area (Å²) in [5.41, 5.74) is 3.86. The van der Waals surface area contributed by atoms with Crippen molar-refractivity contribution in [3.8, 4) is 11.5 Å². The molecule has 0 aliphatic carbocycles. The smallest absolute Gasteiger partial charge is 0.416 e. The minimum absolute atomic E-state index is 0.301. The molecule has 11 heteroatoms. The Kier molecular flexibility index (Phi) is 7.06. The second kappa shape index (κ2) is 8.99. The average Bonchev–Trinajstić information content (AvgIpc) is 2.62. The molecule has 0 spiro atoms. The fourth-order valence-corrected chi connectivity index (χ4v) is 3.70. The lowest BCUT2D eigenvalue weighted by Gasteiger charge is -2.23. The van der Waals surface area contributed by atoms with Crippen molar-refractivity contribution < 1.29 is 35.5 Å². The molecular weight excluding hydrogens is 428 g/mol. The fraction of sp³-hybridized carbons (Fsp3) is 0.368. The Hall–Kier alpha value is -2.69. The van der Waals surface area contributed by atoms with Crippen LogP contribution in [0.4, 0.5) is 28.9 Å². The first-order valence-electron chi connectivity index (χ1n) is 8.77. The molecule has 0 radical (unpaired) electrons. The standard InChI is InChI=1S/C19H22F4N2O4S/c1-4-29-17-7-11(5-6-16(17)28-2)15(10-30(3,26)27)25-18-13(20)8-12(9-14(18)24)19(21,22)23/h5-9,15,25H,4,10,24H2,1-3H3/t15-/m1/s1. The van der Waals surface area contributed by atoms with Crippen LogP contribution in [-0.2, 0) is 16.0 Å². The summed E-state index contributed by atoms with van der Waals surface area (Å²) in [5, 5.41) is 2.63. The van der Waals surface area contributed by atoms with Gasteiger partial charge in [-0.3, -0.25) is 0 Å². The third-order valence-electron chi connectivity index (χ3n) is 4.13. The van der Waals surface area contributed by atoms with Crippen LogP contribution < -0.4 is 20.5 Å². The molecule has 0 saturated carbocycles. The quantitative estimate of drug-likeness (QED) is 0.466. The van der Waals surface area contributed by atoms with Gasteiger partial charge in [-0.2, -0.15) is 13.2 Å². The van der Waals surface area contributed by atoms with Crippen LogP contribution in [0.15, 0.2) is 30.3 Å². The van der Waals surface area contributed by atoms with Gasteiger partial charge in [0.1, 0.15) is 15.7 Å². The maximum atomic E-state index is 14.4. The molecule has 3 N–H and O–H groups in total. The number of alkyl halides is 3. The third kappa shape index (κ3) is 5.91. The number of rotatable bonds is 8. The Morgan fingerprint density at radius 2 is 1.83 bits per heavy atom. The van der Waals surface area contributed by atoms with Gasteiger partial charge < -0.3 is 20.5 Å². The molecule has 2 rings (SSSR count). The Morgan fingerprint density at radius 1 is 1.17 bits per heavy atom. The molecule has 2 aromatic carbocycles. The molecule has 0 bridgehead atoms. The number of benzene rings is 2. The summed E-state index contributed by atoms with van der Waals surface area (Å²) in [5.74, 6) is -0.984. The van der Waals surface area contributed by atoms with Crippen LogP contribution >= 0.6 is 0 Å². The van der Waals surface area contributed by atoms with Crippen LogP contribution in [0.1, 0.15) is 24.1 Å². The first kappa shape index (κ1) is 23.6. The molecule has 0 fully saturated rings. The summed E-state index contributed by atoms with van der Waals surface area (Å²) in [7, 11) is -2.13. The predicted octanol–water partition coefficient (Wildman–Crippen LogP) is 4.03. The van der Waals surface area contributed by atoms with Crippen LogP contribution in [-0.4, -0.2) is 34.1 Å². The third-order valence-corrected chi connectivity index (χ3v) is 5.06. The summed E-state index contributed by atoms with van der Waals surface area (Å²) < 4.78 is 87.6. The number of sulfone groups is 1. The van der Waals surface area contributed by atoms with Gasteiger partial charge in [-0.05, 0) is 36.8 Å². The van der Waals surface area contributed by atoms with Crippen LogP contribution in [0, 0.1) is 5.82 Å². The highest BCUT2D eigenvalue weighted by molar-refractivity contribution is 7.90. The molecule has 30 heavy (non-hydrogen) atoms. The molecule has 6 nitrogen and oxygen atoms in total. The van der Waals surface area contributed by atoms with Gasteiger partial charge in [0.2, 0.25) is 0 Å². The average molecular weight is 450 g/mol. The number of hydrogen-bond acceptors (Lipinski definition) is 6. The Morgan fingerprint density at radius 3 is 2.33 bits per heavy atom. The minimum atomic E-state index is -4.78. The highest BCUT2D eigenvalue weighted by atomic mass is 32.2. The summed E-state index contributed by atoms with van der Waals surface area (Å²) in [6, 6.07) is 4.48. The van der Waals surface area contributed by atoms with E-state index in [1.807, 2.05) is 0 Å². The second-order valence-electron chi connectivity index (χ2n) is 6.55. The molecule has 0 aliphatic heterocycles. The predicted molar refractivity (Wildman–Crippen MR) is 106 cm³/mol. The number of anilines is 2. The van der Waals surface area contributed by atoms with Crippen LogP contribution in [0.5, 0.6) is 11.5 Å². The van der Waals surface area contributed by atoms with Gasteiger partial charge in [0, 0.05) is 6.26 Å². The topological polar surface area (TPSA) is 90.7 Å². The maximum absolute atomic E-state index is 14.4. The normalized spacial score (nSPS) is 13.0. The van der Waals surface area contributed by atoms with Crippen molar-refractivity contribution in [1.29, 1.82) is 0 Å². The van der Waals surface area contributed by atoms with Crippen molar-refractivity contribution in [2.45, 2.75) is 19.1 Å². The SMILES string of the molecule is CCOc1cc([C@@H](CS(C)(=O)=O)Nc2c(N)cc(C(F)(F)F)cc2F)ccc1OC. The molecule has 2 aromatic rings. The van der Waals surface area contributed by atoms with Gasteiger partial charge in [0.25, 0.3) is 0 Å². The molecule has 0 aliphatic rings. The molecule has 1 atom stereocenters. The van der Waals surface area contributed by atoms with E-state index in [2.05, 4.69) is 5.32 Å². The lowest BCUT2D eigenvalue weighted by atomic mass is 10.1. The summed E-state index contributed by atoms with van der Waals surface area (Å²) in [6.45, 7) is 2.06. The van der Waals surface area contributed by atoms with E-state index in [9.17, 15) is 26.0 Å². The van der Waals surface area contributed by atoms with Crippen LogP contribution in [0.25, 0.3) is 0 Å². The Bertz CT molecular complexity index is 987. The van der Waals surface area contributed by atoms with Crippen LogP contribution in [0.3, 0.4) is 0 Å². The number of halogens is 4. The number of hydrogen-bond donors (Lipinski definition) is 2. The fourth-order valence-electron chi connectivity index (χ4n) is 2.82. The number of nitrogen functional groups attached to an aromatic ring is 1. The summed E-state index contributed by atoms with van der Waals surface area (Å²) in [6.07, 6.45) is -3.79. The van der Waals surface area contributed by atoms with Crippen molar-refractivity contribution in [2.75, 3.05) is 36.8 Å². The zero-order chi connectivity index (χ0) is 22.7. The monoisotopic (exact) mass is 450 g/mol. The first-order valence-corrected chi connectivity index (χ1v) is 10.8.